The number of hydrogen-bond donors (Lipinski definition) is 2. The third-order valence-electron chi connectivity index (χ3n) is 2.57. The Bertz CT molecular complexity index is 589. The van der Waals surface area contributed by atoms with Crippen molar-refractivity contribution in [2.75, 3.05) is 11.1 Å². The van der Waals surface area contributed by atoms with Crippen molar-refractivity contribution in [1.29, 1.82) is 0 Å². The smallest absolute Gasteiger partial charge is 0.239 e. The molecule has 0 atom stereocenters. The first-order valence-corrected chi connectivity index (χ1v) is 7.31. The van der Waals surface area contributed by atoms with Crippen LogP contribution in [0.3, 0.4) is 0 Å². The zero-order chi connectivity index (χ0) is 14.8. The van der Waals surface area contributed by atoms with Crippen LogP contribution in [0.15, 0.2) is 17.6 Å². The van der Waals surface area contributed by atoms with Crippen LogP contribution in [0.5, 0.6) is 5.88 Å². The maximum Gasteiger partial charge on any atom is 0.239 e. The summed E-state index contributed by atoms with van der Waals surface area (Å²) in [5.41, 5.74) is 8.99. The molecule has 6 heteroatoms. The van der Waals surface area contributed by atoms with Gasteiger partial charge >= 0.3 is 0 Å². The lowest BCUT2D eigenvalue weighted by Crippen LogP contribution is -2.24. The Morgan fingerprint density at radius 3 is 2.70 bits per heavy atom. The number of nitrogens with one attached hydrogen (secondary N) is 1. The Labute approximate surface area is 123 Å². The van der Waals surface area contributed by atoms with Gasteiger partial charge in [-0.2, -0.15) is 4.98 Å². The lowest BCUT2D eigenvalue weighted by Gasteiger charge is -2.21. The second-order valence-corrected chi connectivity index (χ2v) is 6.46. The van der Waals surface area contributed by atoms with Crippen LogP contribution in [0.25, 0.3) is 0 Å². The van der Waals surface area contributed by atoms with Crippen molar-refractivity contribution >= 4 is 22.8 Å². The number of rotatable bonds is 4. The number of nitrogen functional groups attached to an aromatic ring is 1. The molecule has 3 N–H and O–H groups in total. The SMILES string of the molecule is Cc1ncsc1CNc1ccc(N)c(OC(C)(C)C)n1. The molecule has 0 aromatic carbocycles. The lowest BCUT2D eigenvalue weighted by molar-refractivity contribution is 0.125. The average Bonchev–Trinajstić information content (AvgIpc) is 2.74. The monoisotopic (exact) mass is 292 g/mol. The number of ether oxygens (including phenoxy) is 1. The van der Waals surface area contributed by atoms with Gasteiger partial charge in [0.2, 0.25) is 5.88 Å². The van der Waals surface area contributed by atoms with Crippen molar-refractivity contribution in [2.45, 2.75) is 39.8 Å². The van der Waals surface area contributed by atoms with Crippen LogP contribution in [0.4, 0.5) is 11.5 Å². The number of nitrogens with two attached hydrogens (primary N) is 1. The molecule has 0 spiro atoms. The summed E-state index contributed by atoms with van der Waals surface area (Å²) in [6.45, 7) is 8.60. The second kappa shape index (κ2) is 5.66. The summed E-state index contributed by atoms with van der Waals surface area (Å²) in [7, 11) is 0. The summed E-state index contributed by atoms with van der Waals surface area (Å²) < 4.78 is 5.75. The van der Waals surface area contributed by atoms with E-state index in [2.05, 4.69) is 15.3 Å². The van der Waals surface area contributed by atoms with Gasteiger partial charge in [0.25, 0.3) is 0 Å². The van der Waals surface area contributed by atoms with Gasteiger partial charge in [-0.1, -0.05) is 0 Å². The van der Waals surface area contributed by atoms with E-state index in [9.17, 15) is 0 Å². The third-order valence-corrected chi connectivity index (χ3v) is 3.50. The van der Waals surface area contributed by atoms with E-state index in [0.717, 1.165) is 11.5 Å². The van der Waals surface area contributed by atoms with E-state index >= 15 is 0 Å². The molecule has 0 unspecified atom stereocenters. The van der Waals surface area contributed by atoms with Crippen LogP contribution < -0.4 is 15.8 Å². The van der Waals surface area contributed by atoms with Crippen LogP contribution in [-0.4, -0.2) is 15.6 Å². The number of anilines is 2. The Morgan fingerprint density at radius 1 is 1.35 bits per heavy atom. The molecule has 0 saturated heterocycles. The molecule has 2 heterocycles. The number of hydrogen-bond acceptors (Lipinski definition) is 6. The predicted octanol–water partition coefficient (Wildman–Crippen LogP) is 3.22. The summed E-state index contributed by atoms with van der Waals surface area (Å²) in [4.78, 5) is 9.83. The number of pyridine rings is 1. The number of nitrogens with zero attached hydrogens (tertiary/aromatic N) is 2. The molecular weight excluding hydrogens is 272 g/mol. The van der Waals surface area contributed by atoms with Gasteiger partial charge < -0.3 is 15.8 Å². The molecule has 0 aliphatic carbocycles. The molecule has 0 bridgehead atoms. The van der Waals surface area contributed by atoms with Crippen molar-refractivity contribution in [3.63, 3.8) is 0 Å². The lowest BCUT2D eigenvalue weighted by atomic mass is 10.2. The minimum atomic E-state index is -0.325. The standard InChI is InChI=1S/C14H20N4OS/c1-9-11(20-8-17-9)7-16-12-6-5-10(15)13(18-12)19-14(2,3)4/h5-6,8H,7,15H2,1-4H3,(H,16,18). The zero-order valence-electron chi connectivity index (χ0n) is 12.2. The Balaban J connectivity index is 2.09. The van der Waals surface area contributed by atoms with Gasteiger partial charge in [0, 0.05) is 4.88 Å². The van der Waals surface area contributed by atoms with Crippen molar-refractivity contribution < 1.29 is 4.74 Å². The highest BCUT2D eigenvalue weighted by Crippen LogP contribution is 2.25. The fraction of sp³-hybridized carbons (Fsp3) is 0.429. The van der Waals surface area contributed by atoms with E-state index in [4.69, 9.17) is 10.5 Å². The van der Waals surface area contributed by atoms with Gasteiger partial charge in [0.05, 0.1) is 23.4 Å². The van der Waals surface area contributed by atoms with E-state index in [-0.39, 0.29) is 5.60 Å². The highest BCUT2D eigenvalue weighted by Gasteiger charge is 2.15. The molecule has 2 aromatic rings. The van der Waals surface area contributed by atoms with Crippen molar-refractivity contribution in [2.24, 2.45) is 0 Å². The topological polar surface area (TPSA) is 73.1 Å². The van der Waals surface area contributed by atoms with Crippen molar-refractivity contribution in [3.8, 4) is 5.88 Å². The molecule has 0 amide bonds. The highest BCUT2D eigenvalue weighted by molar-refractivity contribution is 7.09. The number of aryl methyl sites for hydroxylation is 1. The summed E-state index contributed by atoms with van der Waals surface area (Å²) in [5.74, 6) is 1.20. The fourth-order valence-electron chi connectivity index (χ4n) is 1.59. The van der Waals surface area contributed by atoms with Gasteiger partial charge in [0.15, 0.2) is 0 Å². The summed E-state index contributed by atoms with van der Waals surface area (Å²) in [6.07, 6.45) is 0. The average molecular weight is 292 g/mol. The largest absolute Gasteiger partial charge is 0.470 e. The zero-order valence-corrected chi connectivity index (χ0v) is 13.0. The Kier molecular flexibility index (Phi) is 4.13. The first-order chi connectivity index (χ1) is 9.35. The number of thiazole rings is 1. The normalized spacial score (nSPS) is 11.4. The van der Waals surface area contributed by atoms with Crippen molar-refractivity contribution in [3.05, 3.63) is 28.2 Å². The molecule has 0 fully saturated rings. The molecular formula is C14H20N4OS. The molecule has 0 aliphatic heterocycles. The van der Waals surface area contributed by atoms with Crippen LogP contribution >= 0.6 is 11.3 Å². The first kappa shape index (κ1) is 14.6. The van der Waals surface area contributed by atoms with Crippen LogP contribution in [0.1, 0.15) is 31.3 Å². The summed E-state index contributed by atoms with van der Waals surface area (Å²) in [5, 5.41) is 3.27. The number of aromatic nitrogens is 2. The van der Waals surface area contributed by atoms with Gasteiger partial charge in [0.1, 0.15) is 11.4 Å². The molecule has 2 rings (SSSR count). The van der Waals surface area contributed by atoms with Crippen LogP contribution in [0, 0.1) is 6.92 Å². The second-order valence-electron chi connectivity index (χ2n) is 5.52. The van der Waals surface area contributed by atoms with Gasteiger partial charge in [-0.3, -0.25) is 0 Å². The molecule has 2 aromatic heterocycles. The molecule has 0 saturated carbocycles. The fourth-order valence-corrected chi connectivity index (χ4v) is 2.30. The van der Waals surface area contributed by atoms with Crippen molar-refractivity contribution in [1.82, 2.24) is 9.97 Å². The molecule has 0 radical (unpaired) electrons. The summed E-state index contributed by atoms with van der Waals surface area (Å²) >= 11 is 1.63. The first-order valence-electron chi connectivity index (χ1n) is 6.43. The summed E-state index contributed by atoms with van der Waals surface area (Å²) in [6, 6.07) is 3.65. The van der Waals surface area contributed by atoms with Crippen LogP contribution in [-0.2, 0) is 6.54 Å². The van der Waals surface area contributed by atoms with Gasteiger partial charge in [-0.15, -0.1) is 11.3 Å². The van der Waals surface area contributed by atoms with Crippen LogP contribution in [0.2, 0.25) is 0 Å². The predicted molar refractivity (Wildman–Crippen MR) is 83.2 cm³/mol. The van der Waals surface area contributed by atoms with E-state index in [1.807, 2.05) is 39.3 Å². The Morgan fingerprint density at radius 2 is 2.10 bits per heavy atom. The molecule has 5 nitrogen and oxygen atoms in total. The highest BCUT2D eigenvalue weighted by atomic mass is 32.1. The van der Waals surface area contributed by atoms with E-state index in [0.29, 0.717) is 18.1 Å². The van der Waals surface area contributed by atoms with E-state index in [1.165, 1.54) is 4.88 Å². The van der Waals surface area contributed by atoms with Gasteiger partial charge in [-0.25, -0.2) is 4.98 Å². The molecule has 0 aliphatic rings. The Hall–Kier alpha value is -1.82. The molecule has 108 valence electrons. The maximum atomic E-state index is 5.89. The minimum absolute atomic E-state index is 0.325. The minimum Gasteiger partial charge on any atom is -0.470 e. The van der Waals surface area contributed by atoms with Gasteiger partial charge in [-0.05, 0) is 39.8 Å². The molecule has 20 heavy (non-hydrogen) atoms. The quantitative estimate of drug-likeness (QED) is 0.905. The third kappa shape index (κ3) is 3.84. The maximum absolute atomic E-state index is 5.89. The van der Waals surface area contributed by atoms with E-state index in [1.54, 1.807) is 17.4 Å². The van der Waals surface area contributed by atoms with E-state index < -0.39 is 0 Å².